The molecule has 1 atom stereocenters. The maximum atomic E-state index is 13.5. The number of rotatable bonds is 2. The second-order valence-corrected chi connectivity index (χ2v) is 8.67. The Hall–Kier alpha value is -3.80. The van der Waals surface area contributed by atoms with E-state index in [1.165, 1.54) is 4.90 Å². The molecule has 154 valence electrons. The molecule has 0 aliphatic carbocycles. The Labute approximate surface area is 179 Å². The summed E-state index contributed by atoms with van der Waals surface area (Å²) in [5, 5.41) is 0.446. The van der Waals surface area contributed by atoms with Gasteiger partial charge in [-0.05, 0) is 34.7 Å². The van der Waals surface area contributed by atoms with Gasteiger partial charge in [0.1, 0.15) is 5.58 Å². The SMILES string of the molecule is CC(C)(C)c1ccc(C2c3c(oc4ccccc4c3=O)C(=O)N2c2ncccn2)cc1. The zero-order valence-corrected chi connectivity index (χ0v) is 17.5. The van der Waals surface area contributed by atoms with Crippen molar-refractivity contribution in [1.29, 1.82) is 0 Å². The summed E-state index contributed by atoms with van der Waals surface area (Å²) in [7, 11) is 0. The van der Waals surface area contributed by atoms with Crippen LogP contribution in [-0.2, 0) is 5.41 Å². The van der Waals surface area contributed by atoms with Crippen LogP contribution in [0.2, 0.25) is 0 Å². The van der Waals surface area contributed by atoms with Gasteiger partial charge in [0, 0.05) is 12.4 Å². The first kappa shape index (κ1) is 19.2. The molecule has 2 aromatic carbocycles. The molecule has 3 heterocycles. The Bertz CT molecular complexity index is 1350. The van der Waals surface area contributed by atoms with E-state index in [-0.39, 0.29) is 22.6 Å². The van der Waals surface area contributed by atoms with Gasteiger partial charge in [0.05, 0.1) is 17.0 Å². The lowest BCUT2D eigenvalue weighted by molar-refractivity contribution is 0.0969. The number of fused-ring (bicyclic) bond motifs is 2. The highest BCUT2D eigenvalue weighted by molar-refractivity contribution is 6.09. The highest BCUT2D eigenvalue weighted by atomic mass is 16.3. The predicted octanol–water partition coefficient (Wildman–Crippen LogP) is 4.63. The molecule has 5 rings (SSSR count). The van der Waals surface area contributed by atoms with Crippen LogP contribution in [0.4, 0.5) is 5.95 Å². The fourth-order valence-corrected chi connectivity index (χ4v) is 4.02. The molecule has 2 aromatic heterocycles. The largest absolute Gasteiger partial charge is 0.450 e. The van der Waals surface area contributed by atoms with Crippen molar-refractivity contribution in [2.75, 3.05) is 4.90 Å². The number of hydrogen-bond donors (Lipinski definition) is 0. The van der Waals surface area contributed by atoms with E-state index in [4.69, 9.17) is 4.42 Å². The van der Waals surface area contributed by atoms with E-state index in [1.807, 2.05) is 24.3 Å². The molecule has 0 spiro atoms. The van der Waals surface area contributed by atoms with Gasteiger partial charge in [0.25, 0.3) is 5.91 Å². The van der Waals surface area contributed by atoms with Gasteiger partial charge >= 0.3 is 0 Å². The molecule has 1 unspecified atom stereocenters. The Morgan fingerprint density at radius 2 is 1.58 bits per heavy atom. The molecule has 0 N–H and O–H groups in total. The molecule has 6 nitrogen and oxygen atoms in total. The van der Waals surface area contributed by atoms with Crippen LogP contribution >= 0.6 is 0 Å². The van der Waals surface area contributed by atoms with E-state index in [0.29, 0.717) is 16.5 Å². The first-order chi connectivity index (χ1) is 14.9. The molecule has 0 radical (unpaired) electrons. The van der Waals surface area contributed by atoms with Gasteiger partial charge in [-0.3, -0.25) is 14.5 Å². The fraction of sp³-hybridized carbons (Fsp3) is 0.200. The zero-order valence-electron chi connectivity index (χ0n) is 17.5. The van der Waals surface area contributed by atoms with Crippen molar-refractivity contribution in [3.63, 3.8) is 0 Å². The molecule has 0 saturated carbocycles. The van der Waals surface area contributed by atoms with E-state index < -0.39 is 11.9 Å². The molecule has 31 heavy (non-hydrogen) atoms. The van der Waals surface area contributed by atoms with Crippen molar-refractivity contribution in [2.24, 2.45) is 0 Å². The van der Waals surface area contributed by atoms with E-state index in [1.54, 1.807) is 42.7 Å². The summed E-state index contributed by atoms with van der Waals surface area (Å²) >= 11 is 0. The van der Waals surface area contributed by atoms with Crippen LogP contribution in [0.1, 0.15) is 54.1 Å². The standard InChI is InChI=1S/C25H21N3O3/c1-25(2,3)16-11-9-15(10-12-16)20-19-21(29)17-7-4-5-8-18(17)31-22(19)23(30)28(20)24-26-13-6-14-27-24/h4-14,20H,1-3H3. The maximum absolute atomic E-state index is 13.5. The number of aromatic nitrogens is 2. The molecular weight excluding hydrogens is 390 g/mol. The van der Waals surface area contributed by atoms with E-state index in [2.05, 4.69) is 30.7 Å². The average Bonchev–Trinajstić information content (AvgIpc) is 3.07. The van der Waals surface area contributed by atoms with Gasteiger partial charge < -0.3 is 4.42 Å². The number of carbonyl (C=O) groups is 1. The lowest BCUT2D eigenvalue weighted by atomic mass is 9.86. The summed E-state index contributed by atoms with van der Waals surface area (Å²) in [5.74, 6) is -0.151. The van der Waals surface area contributed by atoms with Crippen molar-refractivity contribution in [3.8, 4) is 0 Å². The third kappa shape index (κ3) is 3.03. The van der Waals surface area contributed by atoms with Gasteiger partial charge in [-0.1, -0.05) is 57.2 Å². The first-order valence-electron chi connectivity index (χ1n) is 10.1. The molecule has 0 fully saturated rings. The first-order valence-corrected chi connectivity index (χ1v) is 10.1. The quantitative estimate of drug-likeness (QED) is 0.481. The summed E-state index contributed by atoms with van der Waals surface area (Å²) in [6.45, 7) is 6.42. The highest BCUT2D eigenvalue weighted by Crippen LogP contribution is 2.40. The predicted molar refractivity (Wildman–Crippen MR) is 118 cm³/mol. The van der Waals surface area contributed by atoms with Crippen LogP contribution in [0.3, 0.4) is 0 Å². The van der Waals surface area contributed by atoms with Crippen molar-refractivity contribution < 1.29 is 9.21 Å². The zero-order chi connectivity index (χ0) is 21.8. The number of amides is 1. The minimum Gasteiger partial charge on any atom is -0.450 e. The second kappa shape index (κ2) is 6.87. The Kier molecular flexibility index (Phi) is 4.25. The van der Waals surface area contributed by atoms with Crippen molar-refractivity contribution in [3.05, 3.63) is 99.7 Å². The number of benzene rings is 2. The van der Waals surface area contributed by atoms with Gasteiger partial charge in [-0.25, -0.2) is 9.97 Å². The van der Waals surface area contributed by atoms with Crippen LogP contribution in [0.5, 0.6) is 0 Å². The average molecular weight is 411 g/mol. The Balaban J connectivity index is 1.77. The topological polar surface area (TPSA) is 76.3 Å². The number of carbonyl (C=O) groups excluding carboxylic acids is 1. The minimum atomic E-state index is -0.667. The van der Waals surface area contributed by atoms with Crippen molar-refractivity contribution in [2.45, 2.75) is 32.2 Å². The monoisotopic (exact) mass is 411 g/mol. The Morgan fingerprint density at radius 3 is 2.26 bits per heavy atom. The van der Waals surface area contributed by atoms with Crippen LogP contribution in [-0.4, -0.2) is 15.9 Å². The number of anilines is 1. The van der Waals surface area contributed by atoms with Gasteiger partial charge in [-0.2, -0.15) is 0 Å². The highest BCUT2D eigenvalue weighted by Gasteiger charge is 2.44. The summed E-state index contributed by atoms with van der Waals surface area (Å²) in [4.78, 5) is 36.9. The van der Waals surface area contributed by atoms with E-state index in [9.17, 15) is 9.59 Å². The van der Waals surface area contributed by atoms with Crippen LogP contribution in [0, 0.1) is 0 Å². The summed E-state index contributed by atoms with van der Waals surface area (Å²) < 4.78 is 5.93. The molecular formula is C25H21N3O3. The lowest BCUT2D eigenvalue weighted by Crippen LogP contribution is -2.31. The van der Waals surface area contributed by atoms with E-state index in [0.717, 1.165) is 11.1 Å². The molecule has 1 aliphatic heterocycles. The molecule has 0 saturated heterocycles. The molecule has 4 aromatic rings. The summed E-state index contributed by atoms with van der Waals surface area (Å²) in [6, 6.07) is 16.0. The normalized spacial score (nSPS) is 16.0. The molecule has 0 bridgehead atoms. The molecule has 1 aliphatic rings. The van der Waals surface area contributed by atoms with Crippen LogP contribution in [0.25, 0.3) is 11.0 Å². The second-order valence-electron chi connectivity index (χ2n) is 8.67. The smallest absolute Gasteiger partial charge is 0.297 e. The van der Waals surface area contributed by atoms with Crippen LogP contribution in [0.15, 0.2) is 76.2 Å². The van der Waals surface area contributed by atoms with Crippen molar-refractivity contribution in [1.82, 2.24) is 9.97 Å². The fourth-order valence-electron chi connectivity index (χ4n) is 4.02. The van der Waals surface area contributed by atoms with Gasteiger partial charge in [0.2, 0.25) is 11.7 Å². The van der Waals surface area contributed by atoms with Crippen LogP contribution < -0.4 is 10.3 Å². The number of para-hydroxylation sites is 1. The minimum absolute atomic E-state index is 0.0145. The molecule has 1 amide bonds. The number of nitrogens with zero attached hydrogens (tertiary/aromatic N) is 3. The third-order valence-corrected chi connectivity index (χ3v) is 5.64. The van der Waals surface area contributed by atoms with E-state index >= 15 is 0 Å². The molecule has 6 heteroatoms. The summed E-state index contributed by atoms with van der Waals surface area (Å²) in [5.41, 5.74) is 2.44. The maximum Gasteiger partial charge on any atom is 0.297 e. The Morgan fingerprint density at radius 1 is 0.903 bits per heavy atom. The van der Waals surface area contributed by atoms with Crippen molar-refractivity contribution >= 4 is 22.8 Å². The number of hydrogen-bond acceptors (Lipinski definition) is 5. The van der Waals surface area contributed by atoms with Gasteiger partial charge in [0.15, 0.2) is 5.43 Å². The van der Waals surface area contributed by atoms with Gasteiger partial charge in [-0.15, -0.1) is 0 Å². The third-order valence-electron chi connectivity index (χ3n) is 5.64. The lowest BCUT2D eigenvalue weighted by Gasteiger charge is -2.24. The summed E-state index contributed by atoms with van der Waals surface area (Å²) in [6.07, 6.45) is 3.15.